The van der Waals surface area contributed by atoms with Crippen molar-refractivity contribution in [1.82, 2.24) is 25.3 Å². The van der Waals surface area contributed by atoms with Crippen LogP contribution in [0.15, 0.2) is 30.9 Å². The molecule has 3 saturated heterocycles. The normalized spacial score (nSPS) is 35.3. The molecule has 0 bridgehead atoms. The number of nitrogens with one attached hydrogen (secondary N) is 2. The summed E-state index contributed by atoms with van der Waals surface area (Å²) in [5.74, 6) is 0.0703. The largest absolute Gasteiger partial charge is 0.479 e. The molecule has 1 aliphatic carbocycles. The van der Waals surface area contributed by atoms with Crippen molar-refractivity contribution in [3.63, 3.8) is 0 Å². The number of ether oxygens (including phenoxy) is 2. The molecule has 0 aromatic heterocycles. The third kappa shape index (κ3) is 5.47. The van der Waals surface area contributed by atoms with Crippen molar-refractivity contribution in [3.8, 4) is 11.8 Å². The summed E-state index contributed by atoms with van der Waals surface area (Å²) >= 11 is 0. The van der Waals surface area contributed by atoms with E-state index >= 15 is 0 Å². The van der Waals surface area contributed by atoms with E-state index in [1.807, 2.05) is 0 Å². The van der Waals surface area contributed by atoms with Gasteiger partial charge in [0.25, 0.3) is 0 Å². The Morgan fingerprint density at radius 3 is 2.88 bits per heavy atom. The summed E-state index contributed by atoms with van der Waals surface area (Å²) in [4.78, 5) is 33.2. The minimum atomic E-state index is -0.963. The third-order valence-corrected chi connectivity index (χ3v) is 10.0. The maximum absolute atomic E-state index is 14.4. The Morgan fingerprint density at radius 2 is 2.12 bits per heavy atom. The minimum Gasteiger partial charge on any atom is -0.479 e. The molecule has 1 aromatic rings. The highest BCUT2D eigenvalue weighted by atomic mass is 19.1. The summed E-state index contributed by atoms with van der Waals surface area (Å²) in [7, 11) is 2.11. The van der Waals surface area contributed by atoms with Crippen LogP contribution in [0.25, 0.3) is 0 Å². The van der Waals surface area contributed by atoms with Crippen LogP contribution < -0.4 is 15.4 Å². The Morgan fingerprint density at radius 1 is 1.26 bits per heavy atom. The molecule has 1 saturated carbocycles. The van der Waals surface area contributed by atoms with Crippen molar-refractivity contribution in [3.05, 3.63) is 42.2 Å². The van der Waals surface area contributed by atoms with Crippen LogP contribution in [0.2, 0.25) is 0 Å². The Hall–Kier alpha value is -2.88. The molecule has 2 N–H and O–H groups in total. The molecule has 10 nitrogen and oxygen atoms in total. The predicted octanol–water partition coefficient (Wildman–Crippen LogP) is 1.76. The van der Waals surface area contributed by atoms with Crippen LogP contribution in [0.1, 0.15) is 44.1 Å². The topological polar surface area (TPSA) is 110 Å². The monoisotopic (exact) mass is 580 g/mol. The average Bonchev–Trinajstić information content (AvgIpc) is 3.42. The number of hydrogen-bond acceptors (Lipinski definition) is 9. The first-order valence-corrected chi connectivity index (χ1v) is 15.2. The number of nitriles is 1. The van der Waals surface area contributed by atoms with Gasteiger partial charge in [0.05, 0.1) is 37.3 Å². The molecular weight excluding hydrogens is 539 g/mol. The Kier molecular flexibility index (Phi) is 8.35. The number of hydrogen-bond donors (Lipinski definition) is 2. The van der Waals surface area contributed by atoms with E-state index in [4.69, 9.17) is 9.47 Å². The van der Waals surface area contributed by atoms with E-state index in [0.29, 0.717) is 57.3 Å². The number of halogens is 1. The number of likely N-dealkylation sites (N-methyl/N-ethyl adjacent to an activating group) is 1. The molecule has 1 aromatic carbocycles. The van der Waals surface area contributed by atoms with Crippen molar-refractivity contribution < 1.29 is 23.5 Å². The fourth-order valence-corrected chi connectivity index (χ4v) is 7.68. The third-order valence-electron chi connectivity index (χ3n) is 10.0. The molecule has 1 spiro atoms. The van der Waals surface area contributed by atoms with Crippen LogP contribution in [0.4, 0.5) is 4.39 Å². The van der Waals surface area contributed by atoms with Gasteiger partial charge in [-0.2, -0.15) is 5.26 Å². The number of carbonyl (C=O) groups excluding carboxylic acids is 2. The van der Waals surface area contributed by atoms with Crippen LogP contribution >= 0.6 is 0 Å². The van der Waals surface area contributed by atoms with Crippen molar-refractivity contribution in [2.24, 2.45) is 5.92 Å². The average molecular weight is 581 g/mol. The first kappa shape index (κ1) is 29.2. The lowest BCUT2D eigenvalue weighted by Gasteiger charge is -2.54. The molecule has 4 heterocycles. The molecular formula is C31H41FN6O4. The van der Waals surface area contributed by atoms with Crippen molar-refractivity contribution in [1.29, 1.82) is 5.26 Å². The standard InChI is InChI=1S/C31H41FN6O4/c1-3-26(39)38-16-15-37(18-22(38)10-13-33)29-24-9-12-31(11-8-20-17-21(32)6-7-25(20)42-31)28(40)27(24)34-30(35-29)41-19-23-5-4-14-36(23)2/h3,6-7,17,22-24,27,29-30,34-35H,1,4-5,8-12,14-16,18-19H2,2H3/t22?,23?,24?,27?,29?,30?,31-/m0/s1. The van der Waals surface area contributed by atoms with Gasteiger partial charge < -0.3 is 19.3 Å². The molecule has 5 aliphatic rings. The van der Waals surface area contributed by atoms with Crippen molar-refractivity contribution in [2.75, 3.05) is 39.8 Å². The molecule has 4 aliphatic heterocycles. The first-order chi connectivity index (χ1) is 20.3. The maximum Gasteiger partial charge on any atom is 0.246 e. The first-order valence-electron chi connectivity index (χ1n) is 15.2. The molecule has 11 heteroatoms. The van der Waals surface area contributed by atoms with Gasteiger partial charge in [0, 0.05) is 31.6 Å². The summed E-state index contributed by atoms with van der Waals surface area (Å²) in [5, 5.41) is 16.7. The molecule has 42 heavy (non-hydrogen) atoms. The van der Waals surface area contributed by atoms with Gasteiger partial charge in [-0.25, -0.2) is 4.39 Å². The van der Waals surface area contributed by atoms with E-state index in [9.17, 15) is 19.2 Å². The lowest BCUT2D eigenvalue weighted by Crippen LogP contribution is -2.76. The van der Waals surface area contributed by atoms with E-state index in [0.717, 1.165) is 31.4 Å². The van der Waals surface area contributed by atoms with Gasteiger partial charge in [0.15, 0.2) is 17.7 Å². The highest BCUT2D eigenvalue weighted by Crippen LogP contribution is 2.44. The van der Waals surface area contributed by atoms with Gasteiger partial charge in [-0.1, -0.05) is 6.58 Å². The lowest BCUT2D eigenvalue weighted by atomic mass is 9.69. The zero-order chi connectivity index (χ0) is 29.4. The second-order valence-corrected chi connectivity index (χ2v) is 12.4. The smallest absolute Gasteiger partial charge is 0.246 e. The number of nitrogens with zero attached hydrogens (tertiary/aromatic N) is 4. The van der Waals surface area contributed by atoms with E-state index < -0.39 is 18.0 Å². The van der Waals surface area contributed by atoms with Crippen LogP contribution in [0.3, 0.4) is 0 Å². The van der Waals surface area contributed by atoms with Gasteiger partial charge in [-0.05, 0) is 82.0 Å². The highest BCUT2D eigenvalue weighted by molar-refractivity contribution is 5.94. The SMILES string of the molecule is C=CC(=O)N1CCN(C2NC(OCC3CCCN3C)NC3C(=O)[C@]4(CCc5cc(F)ccc5O4)CCC32)CC1CC#N. The highest BCUT2D eigenvalue weighted by Gasteiger charge is 2.56. The predicted molar refractivity (Wildman–Crippen MR) is 153 cm³/mol. The molecule has 7 atom stereocenters. The van der Waals surface area contributed by atoms with Crippen LogP contribution in [0, 0.1) is 23.1 Å². The van der Waals surface area contributed by atoms with E-state index in [1.165, 1.54) is 18.2 Å². The van der Waals surface area contributed by atoms with Crippen LogP contribution in [-0.2, 0) is 20.7 Å². The minimum absolute atomic E-state index is 0.0147. The zero-order valence-corrected chi connectivity index (χ0v) is 24.3. The summed E-state index contributed by atoms with van der Waals surface area (Å²) < 4.78 is 26.7. The number of fused-ring (bicyclic) bond motifs is 2. The van der Waals surface area contributed by atoms with Gasteiger partial charge in [-0.3, -0.25) is 25.1 Å². The van der Waals surface area contributed by atoms with E-state index in [-0.39, 0.29) is 42.1 Å². The number of amides is 1. The molecule has 6 unspecified atom stereocenters. The van der Waals surface area contributed by atoms with E-state index in [2.05, 4.69) is 40.1 Å². The molecule has 6 rings (SSSR count). The number of Topliss-reactive ketones (excluding diaryl/α,β-unsaturated/α-hetero) is 1. The maximum atomic E-state index is 14.4. The number of ketones is 1. The lowest BCUT2D eigenvalue weighted by molar-refractivity contribution is -0.160. The second-order valence-electron chi connectivity index (χ2n) is 12.4. The summed E-state index contributed by atoms with van der Waals surface area (Å²) in [6.45, 7) is 6.82. The molecule has 0 radical (unpaired) electrons. The summed E-state index contributed by atoms with van der Waals surface area (Å²) in [6.07, 6.45) is 5.41. The molecule has 4 fully saturated rings. The van der Waals surface area contributed by atoms with Crippen molar-refractivity contribution in [2.45, 2.75) is 81.2 Å². The number of carbonyl (C=O) groups is 2. The molecule has 226 valence electrons. The number of likely N-dealkylation sites (tertiary alicyclic amines) is 1. The van der Waals surface area contributed by atoms with Gasteiger partial charge in [0.2, 0.25) is 5.91 Å². The Bertz CT molecular complexity index is 1260. The van der Waals surface area contributed by atoms with E-state index in [1.54, 1.807) is 11.0 Å². The number of rotatable bonds is 6. The van der Waals surface area contributed by atoms with Crippen LogP contribution in [-0.4, -0.2) is 102 Å². The summed E-state index contributed by atoms with van der Waals surface area (Å²) in [5.41, 5.74) is -0.167. The number of piperazine rings is 1. The fraction of sp³-hybridized carbons (Fsp3) is 0.645. The number of benzene rings is 1. The van der Waals surface area contributed by atoms with Gasteiger partial charge in [-0.15, -0.1) is 0 Å². The van der Waals surface area contributed by atoms with Gasteiger partial charge >= 0.3 is 0 Å². The van der Waals surface area contributed by atoms with Crippen LogP contribution in [0.5, 0.6) is 5.75 Å². The quantitative estimate of drug-likeness (QED) is 0.487. The Balaban J connectivity index is 1.24. The second kappa shape index (κ2) is 12.0. The summed E-state index contributed by atoms with van der Waals surface area (Å²) in [6, 6.07) is 6.31. The molecule has 1 amide bonds. The Labute approximate surface area is 246 Å². The zero-order valence-electron chi connectivity index (χ0n) is 24.3. The van der Waals surface area contributed by atoms with Crippen molar-refractivity contribution >= 4 is 11.7 Å². The fourth-order valence-electron chi connectivity index (χ4n) is 7.68. The number of aryl methyl sites for hydroxylation is 1. The van der Waals surface area contributed by atoms with Gasteiger partial charge in [0.1, 0.15) is 11.6 Å².